The van der Waals surface area contributed by atoms with Crippen LogP contribution in [0.15, 0.2) is 24.9 Å². The van der Waals surface area contributed by atoms with Gasteiger partial charge in [-0.25, -0.2) is 14.8 Å². The lowest BCUT2D eigenvalue weighted by Crippen LogP contribution is -2.11. The van der Waals surface area contributed by atoms with Gasteiger partial charge in [0, 0.05) is 24.2 Å². The van der Waals surface area contributed by atoms with E-state index >= 15 is 0 Å². The first-order valence-corrected chi connectivity index (χ1v) is 6.27. The van der Waals surface area contributed by atoms with Crippen LogP contribution in [0.5, 0.6) is 0 Å². The number of nitrogens with zero attached hydrogens (tertiary/aromatic N) is 2. The average Bonchev–Trinajstić information content (AvgIpc) is 2.38. The summed E-state index contributed by atoms with van der Waals surface area (Å²) in [5.41, 5.74) is 0. The van der Waals surface area contributed by atoms with Crippen molar-refractivity contribution in [1.82, 2.24) is 9.97 Å². The minimum absolute atomic E-state index is 0.0660. The highest BCUT2D eigenvalue weighted by molar-refractivity contribution is 7.99. The van der Waals surface area contributed by atoms with E-state index < -0.39 is 5.97 Å². The maximum absolute atomic E-state index is 11.2. The summed E-state index contributed by atoms with van der Waals surface area (Å²) in [4.78, 5) is 19.0. The predicted octanol–water partition coefficient (Wildman–Crippen LogP) is 1.59. The Hall–Kier alpha value is -1.56. The van der Waals surface area contributed by atoms with Crippen molar-refractivity contribution in [2.45, 2.75) is 0 Å². The summed E-state index contributed by atoms with van der Waals surface area (Å²) < 4.78 is 4.54. The summed E-state index contributed by atoms with van der Waals surface area (Å²) in [5, 5.41) is 3.11. The van der Waals surface area contributed by atoms with E-state index in [4.69, 9.17) is 0 Å². The number of hydrogen-bond donors (Lipinski definition) is 1. The number of anilines is 1. The Morgan fingerprint density at radius 2 is 2.53 bits per heavy atom. The van der Waals surface area contributed by atoms with Gasteiger partial charge in [-0.2, -0.15) is 11.8 Å². The van der Waals surface area contributed by atoms with E-state index in [2.05, 4.69) is 26.6 Å². The third-order valence-electron chi connectivity index (χ3n) is 1.81. The molecule has 17 heavy (non-hydrogen) atoms. The minimum Gasteiger partial charge on any atom is -0.463 e. The van der Waals surface area contributed by atoms with Crippen LogP contribution in [0.1, 0.15) is 10.6 Å². The Morgan fingerprint density at radius 3 is 3.24 bits per heavy atom. The second-order valence-corrected chi connectivity index (χ2v) is 4.20. The first-order chi connectivity index (χ1) is 8.27. The quantitative estimate of drug-likeness (QED) is 0.452. The number of nitrogens with one attached hydrogen (secondary N) is 1. The smallest absolute Gasteiger partial charge is 0.376 e. The number of thioether (sulfide) groups is 1. The molecular formula is C11H15N3O2S. The molecule has 5 nitrogen and oxygen atoms in total. The molecule has 1 aromatic rings. The van der Waals surface area contributed by atoms with E-state index in [1.807, 2.05) is 6.08 Å². The maximum atomic E-state index is 11.2. The lowest BCUT2D eigenvalue weighted by atomic mass is 10.5. The van der Waals surface area contributed by atoms with Crippen LogP contribution in [0, 0.1) is 0 Å². The topological polar surface area (TPSA) is 64.1 Å². The number of methoxy groups -OCH3 is 1. The standard InChI is InChI=1S/C11H15N3O2S/c1-3-7-17-8-6-12-9-4-5-13-10(14-9)11(15)16-2/h3-5H,1,6-8H2,2H3,(H,12,13,14). The van der Waals surface area contributed by atoms with Gasteiger partial charge in [0.1, 0.15) is 5.82 Å². The van der Waals surface area contributed by atoms with Crippen molar-refractivity contribution in [3.8, 4) is 0 Å². The van der Waals surface area contributed by atoms with Gasteiger partial charge in [-0.3, -0.25) is 0 Å². The highest BCUT2D eigenvalue weighted by atomic mass is 32.2. The largest absolute Gasteiger partial charge is 0.463 e. The predicted molar refractivity (Wildman–Crippen MR) is 69.4 cm³/mol. The van der Waals surface area contributed by atoms with Crippen molar-refractivity contribution >= 4 is 23.5 Å². The summed E-state index contributed by atoms with van der Waals surface area (Å²) in [6.45, 7) is 4.42. The number of carbonyl (C=O) groups excluding carboxylic acids is 1. The Morgan fingerprint density at radius 1 is 1.71 bits per heavy atom. The monoisotopic (exact) mass is 253 g/mol. The second-order valence-electron chi connectivity index (χ2n) is 3.05. The van der Waals surface area contributed by atoms with Crippen LogP contribution in [0.3, 0.4) is 0 Å². The second kappa shape index (κ2) is 7.67. The van der Waals surface area contributed by atoms with Gasteiger partial charge in [-0.15, -0.1) is 6.58 Å². The van der Waals surface area contributed by atoms with E-state index in [1.165, 1.54) is 13.3 Å². The van der Waals surface area contributed by atoms with E-state index in [1.54, 1.807) is 17.8 Å². The molecule has 0 saturated carbocycles. The normalized spacial score (nSPS) is 9.71. The van der Waals surface area contributed by atoms with Gasteiger partial charge in [-0.1, -0.05) is 6.08 Å². The van der Waals surface area contributed by atoms with Crippen LogP contribution in [-0.4, -0.2) is 41.1 Å². The fourth-order valence-electron chi connectivity index (χ4n) is 1.06. The SMILES string of the molecule is C=CCSCCNc1ccnc(C(=O)OC)n1. The van der Waals surface area contributed by atoms with Gasteiger partial charge in [-0.05, 0) is 6.07 Å². The van der Waals surface area contributed by atoms with Crippen LogP contribution in [0.2, 0.25) is 0 Å². The molecule has 0 saturated heterocycles. The molecule has 0 atom stereocenters. The van der Waals surface area contributed by atoms with Gasteiger partial charge in [0.2, 0.25) is 5.82 Å². The van der Waals surface area contributed by atoms with E-state index in [9.17, 15) is 4.79 Å². The summed E-state index contributed by atoms with van der Waals surface area (Å²) >= 11 is 1.77. The highest BCUT2D eigenvalue weighted by Crippen LogP contribution is 2.04. The summed E-state index contributed by atoms with van der Waals surface area (Å²) in [5.74, 6) is 2.04. The van der Waals surface area contributed by atoms with Crippen LogP contribution >= 0.6 is 11.8 Å². The number of ether oxygens (including phenoxy) is 1. The third kappa shape index (κ3) is 4.86. The molecule has 0 aromatic carbocycles. The third-order valence-corrected chi connectivity index (χ3v) is 2.78. The molecule has 1 aromatic heterocycles. The lowest BCUT2D eigenvalue weighted by molar-refractivity contribution is 0.0587. The van der Waals surface area contributed by atoms with Crippen LogP contribution in [0.4, 0.5) is 5.82 Å². The number of rotatable bonds is 7. The number of hydrogen-bond acceptors (Lipinski definition) is 6. The van der Waals surface area contributed by atoms with Crippen LogP contribution < -0.4 is 5.32 Å². The highest BCUT2D eigenvalue weighted by Gasteiger charge is 2.08. The fourth-order valence-corrected chi connectivity index (χ4v) is 1.64. The molecule has 0 radical (unpaired) electrons. The van der Waals surface area contributed by atoms with Crippen LogP contribution in [0.25, 0.3) is 0 Å². The zero-order valence-corrected chi connectivity index (χ0v) is 10.5. The summed E-state index contributed by atoms with van der Waals surface area (Å²) in [6.07, 6.45) is 3.39. The van der Waals surface area contributed by atoms with Gasteiger partial charge < -0.3 is 10.1 Å². The molecule has 0 amide bonds. The summed E-state index contributed by atoms with van der Waals surface area (Å²) in [6, 6.07) is 1.71. The first kappa shape index (κ1) is 13.5. The summed E-state index contributed by atoms with van der Waals surface area (Å²) in [7, 11) is 1.30. The van der Waals surface area contributed by atoms with Crippen molar-refractivity contribution < 1.29 is 9.53 Å². The minimum atomic E-state index is -0.533. The van der Waals surface area contributed by atoms with Crippen molar-refractivity contribution in [1.29, 1.82) is 0 Å². The van der Waals surface area contributed by atoms with Gasteiger partial charge in [0.25, 0.3) is 0 Å². The van der Waals surface area contributed by atoms with E-state index in [0.717, 1.165) is 18.1 Å². The first-order valence-electron chi connectivity index (χ1n) is 5.11. The maximum Gasteiger partial charge on any atom is 0.376 e. The molecule has 0 fully saturated rings. The lowest BCUT2D eigenvalue weighted by Gasteiger charge is -2.05. The Balaban J connectivity index is 2.43. The molecular weight excluding hydrogens is 238 g/mol. The van der Waals surface area contributed by atoms with Gasteiger partial charge >= 0.3 is 5.97 Å². The van der Waals surface area contributed by atoms with Crippen molar-refractivity contribution in [2.75, 3.05) is 30.5 Å². The molecule has 0 aliphatic rings. The van der Waals surface area contributed by atoms with Gasteiger partial charge in [0.05, 0.1) is 7.11 Å². The van der Waals surface area contributed by atoms with E-state index in [0.29, 0.717) is 5.82 Å². The molecule has 0 aliphatic heterocycles. The van der Waals surface area contributed by atoms with Crippen molar-refractivity contribution in [3.63, 3.8) is 0 Å². The molecule has 0 unspecified atom stereocenters. The number of esters is 1. The molecule has 0 bridgehead atoms. The fraction of sp³-hybridized carbons (Fsp3) is 0.364. The van der Waals surface area contributed by atoms with E-state index in [-0.39, 0.29) is 5.82 Å². The van der Waals surface area contributed by atoms with Crippen molar-refractivity contribution in [3.05, 3.63) is 30.7 Å². The Labute approximate surface area is 105 Å². The average molecular weight is 253 g/mol. The molecule has 1 N–H and O–H groups in total. The Bertz CT molecular complexity index is 385. The van der Waals surface area contributed by atoms with Crippen molar-refractivity contribution in [2.24, 2.45) is 0 Å². The number of aromatic nitrogens is 2. The molecule has 1 heterocycles. The molecule has 92 valence electrons. The molecule has 1 rings (SSSR count). The molecule has 6 heteroatoms. The van der Waals surface area contributed by atoms with Gasteiger partial charge in [0.15, 0.2) is 0 Å². The Kier molecular flexibility index (Phi) is 6.09. The van der Waals surface area contributed by atoms with Crippen LogP contribution in [-0.2, 0) is 4.74 Å². The zero-order valence-electron chi connectivity index (χ0n) is 9.68. The zero-order chi connectivity index (χ0) is 12.5. The molecule has 0 aliphatic carbocycles. The molecule has 0 spiro atoms. The number of carbonyl (C=O) groups is 1.